The number of hydrogen-bond donors (Lipinski definition) is 2. The summed E-state index contributed by atoms with van der Waals surface area (Å²) in [5, 5.41) is 8.95. The van der Waals surface area contributed by atoms with Gasteiger partial charge in [-0.2, -0.15) is 10.2 Å². The molecule has 0 saturated carbocycles. The molecule has 6 rings (SSSR count). The number of ketones is 1. The minimum Gasteiger partial charge on any atom is -0.487 e. The molecular formula is C30H23F4N7O3. The minimum atomic E-state index is -2.67. The Balaban J connectivity index is 1.30. The summed E-state index contributed by atoms with van der Waals surface area (Å²) < 4.78 is 67.5. The molecule has 224 valence electrons. The Morgan fingerprint density at radius 2 is 1.84 bits per heavy atom. The summed E-state index contributed by atoms with van der Waals surface area (Å²) in [5.41, 5.74) is 9.29. The van der Waals surface area contributed by atoms with Crippen LogP contribution in [0.4, 0.5) is 23.4 Å². The normalized spacial score (nSPS) is 11.4. The number of carbonyl (C=O) groups excluding carboxylic acids is 1. The summed E-state index contributed by atoms with van der Waals surface area (Å²) >= 11 is 0. The van der Waals surface area contributed by atoms with Crippen LogP contribution in [-0.4, -0.2) is 48.3 Å². The smallest absolute Gasteiger partial charge is 0.272 e. The zero-order valence-corrected chi connectivity index (χ0v) is 23.2. The lowest BCUT2D eigenvalue weighted by molar-refractivity contribution is 0.0822. The number of nitrogen functional groups attached to an aromatic ring is 1. The molecule has 44 heavy (non-hydrogen) atoms. The van der Waals surface area contributed by atoms with Crippen molar-refractivity contribution in [1.82, 2.24) is 29.5 Å². The zero-order valence-electron chi connectivity index (χ0n) is 23.2. The number of anilines is 1. The highest BCUT2D eigenvalue weighted by atomic mass is 19.3. The van der Waals surface area contributed by atoms with Crippen LogP contribution in [0.3, 0.4) is 0 Å². The maximum absolute atomic E-state index is 14.0. The summed E-state index contributed by atoms with van der Waals surface area (Å²) in [5.74, 6) is -2.64. The van der Waals surface area contributed by atoms with E-state index in [-0.39, 0.29) is 28.7 Å². The van der Waals surface area contributed by atoms with Crippen molar-refractivity contribution < 1.29 is 31.8 Å². The number of aryl methyl sites for hydroxylation is 2. The van der Waals surface area contributed by atoms with Gasteiger partial charge in [0.15, 0.2) is 11.6 Å². The number of aromatic amines is 1. The van der Waals surface area contributed by atoms with Crippen LogP contribution in [0.5, 0.6) is 17.4 Å². The van der Waals surface area contributed by atoms with E-state index in [1.165, 1.54) is 29.2 Å². The summed E-state index contributed by atoms with van der Waals surface area (Å²) in [4.78, 5) is 20.7. The third kappa shape index (κ3) is 5.32. The number of H-pyrrole nitrogens is 1. The fraction of sp³-hybridized carbons (Fsp3) is 0.133. The van der Waals surface area contributed by atoms with Crippen molar-refractivity contribution in [3.05, 3.63) is 95.7 Å². The first-order valence-corrected chi connectivity index (χ1v) is 13.1. The predicted molar refractivity (Wildman–Crippen MR) is 152 cm³/mol. The molecule has 0 aliphatic rings. The fourth-order valence-electron chi connectivity index (χ4n) is 4.70. The van der Waals surface area contributed by atoms with Crippen molar-refractivity contribution in [2.45, 2.75) is 13.3 Å². The van der Waals surface area contributed by atoms with E-state index in [1.54, 1.807) is 49.2 Å². The standard InChI is InChI=1S/C30H23F4N7O3/c1-15-6-27(44-29-20(31)4-3-5-21(29)32)36-12-24(15)41-30(35)19(11-38-41)28(42)23-7-16-8-25(43-14-26(33)34)18(9-22(16)39-23)17-10-37-40(2)13-17/h3-13,26,39H,14,35H2,1-2H3. The molecule has 0 fully saturated rings. The third-order valence-corrected chi connectivity index (χ3v) is 6.81. The predicted octanol–water partition coefficient (Wildman–Crippen LogP) is 5.99. The number of carbonyl (C=O) groups is 1. The topological polar surface area (TPSA) is 126 Å². The minimum absolute atomic E-state index is 0.0179. The molecule has 0 atom stereocenters. The van der Waals surface area contributed by atoms with Crippen LogP contribution in [0.25, 0.3) is 27.7 Å². The van der Waals surface area contributed by atoms with Crippen molar-refractivity contribution in [2.24, 2.45) is 7.05 Å². The van der Waals surface area contributed by atoms with Gasteiger partial charge < -0.3 is 20.2 Å². The van der Waals surface area contributed by atoms with E-state index < -0.39 is 36.2 Å². The van der Waals surface area contributed by atoms with E-state index in [1.807, 2.05) is 0 Å². The molecular weight excluding hydrogens is 582 g/mol. The van der Waals surface area contributed by atoms with E-state index in [4.69, 9.17) is 15.2 Å². The summed E-state index contributed by atoms with van der Waals surface area (Å²) in [7, 11) is 1.73. The maximum Gasteiger partial charge on any atom is 0.272 e. The van der Waals surface area contributed by atoms with Crippen LogP contribution in [0.15, 0.2) is 67.3 Å². The van der Waals surface area contributed by atoms with E-state index >= 15 is 0 Å². The van der Waals surface area contributed by atoms with Crippen molar-refractivity contribution in [1.29, 1.82) is 0 Å². The quantitative estimate of drug-likeness (QED) is 0.153. The van der Waals surface area contributed by atoms with E-state index in [0.29, 0.717) is 33.3 Å². The molecule has 0 radical (unpaired) electrons. The Bertz CT molecular complexity index is 2010. The second-order valence-electron chi connectivity index (χ2n) is 9.87. The third-order valence-electron chi connectivity index (χ3n) is 6.81. The van der Waals surface area contributed by atoms with E-state index in [2.05, 4.69) is 20.2 Å². The van der Waals surface area contributed by atoms with Gasteiger partial charge in [0.2, 0.25) is 17.4 Å². The van der Waals surface area contributed by atoms with Crippen molar-refractivity contribution in [2.75, 3.05) is 12.3 Å². The lowest BCUT2D eigenvalue weighted by Crippen LogP contribution is -2.09. The molecule has 0 spiro atoms. The molecule has 2 aromatic carbocycles. The van der Waals surface area contributed by atoms with Gasteiger partial charge in [0.05, 0.1) is 35.5 Å². The fourth-order valence-corrected chi connectivity index (χ4v) is 4.70. The molecule has 0 unspecified atom stereocenters. The number of hydrogen-bond acceptors (Lipinski definition) is 7. The maximum atomic E-state index is 14.0. The highest BCUT2D eigenvalue weighted by Gasteiger charge is 2.22. The average Bonchev–Trinajstić information content (AvgIpc) is 3.71. The summed E-state index contributed by atoms with van der Waals surface area (Å²) in [6, 6.07) is 9.64. The summed E-state index contributed by atoms with van der Waals surface area (Å²) in [6.07, 6.45) is 3.28. The number of halogens is 4. The number of nitrogens with zero attached hydrogens (tertiary/aromatic N) is 5. The SMILES string of the molecule is Cc1cc(Oc2c(F)cccc2F)ncc1-n1ncc(C(=O)c2cc3cc(OCC(F)F)c(-c4cnn(C)c4)cc3[nH]2)c1N. The van der Waals surface area contributed by atoms with Crippen molar-refractivity contribution in [3.8, 4) is 34.2 Å². The van der Waals surface area contributed by atoms with Gasteiger partial charge in [-0.25, -0.2) is 27.2 Å². The van der Waals surface area contributed by atoms with Gasteiger partial charge in [0, 0.05) is 41.3 Å². The molecule has 0 aliphatic heterocycles. The Morgan fingerprint density at radius 3 is 2.52 bits per heavy atom. The molecule has 14 heteroatoms. The number of nitrogens with two attached hydrogens (primary N) is 1. The lowest BCUT2D eigenvalue weighted by Gasteiger charge is -2.11. The van der Waals surface area contributed by atoms with Gasteiger partial charge in [0.1, 0.15) is 18.2 Å². The van der Waals surface area contributed by atoms with Crippen molar-refractivity contribution in [3.63, 3.8) is 0 Å². The number of aromatic nitrogens is 6. The van der Waals surface area contributed by atoms with Crippen LogP contribution < -0.4 is 15.2 Å². The van der Waals surface area contributed by atoms with Gasteiger partial charge in [-0.3, -0.25) is 9.48 Å². The second kappa shape index (κ2) is 11.2. The van der Waals surface area contributed by atoms with Gasteiger partial charge in [-0.1, -0.05) is 6.07 Å². The molecule has 4 heterocycles. The largest absolute Gasteiger partial charge is 0.487 e. The van der Waals surface area contributed by atoms with Gasteiger partial charge in [-0.05, 0) is 42.8 Å². The van der Waals surface area contributed by atoms with Crippen LogP contribution in [0.1, 0.15) is 21.6 Å². The number of fused-ring (bicyclic) bond motifs is 1. The number of para-hydroxylation sites is 1. The van der Waals surface area contributed by atoms with Crippen LogP contribution in [0, 0.1) is 18.6 Å². The molecule has 4 aromatic heterocycles. The Kier molecular flexibility index (Phi) is 7.25. The monoisotopic (exact) mass is 605 g/mol. The van der Waals surface area contributed by atoms with Gasteiger partial charge in [-0.15, -0.1) is 0 Å². The summed E-state index contributed by atoms with van der Waals surface area (Å²) in [6.45, 7) is 0.890. The first kappa shape index (κ1) is 28.5. The molecule has 6 aromatic rings. The number of nitrogens with one attached hydrogen (secondary N) is 1. The van der Waals surface area contributed by atoms with Gasteiger partial charge in [0.25, 0.3) is 6.43 Å². The number of benzene rings is 2. The Hall–Kier alpha value is -5.66. The molecule has 0 bridgehead atoms. The van der Waals surface area contributed by atoms with Crippen LogP contribution in [0.2, 0.25) is 0 Å². The van der Waals surface area contributed by atoms with E-state index in [0.717, 1.165) is 12.1 Å². The Labute approximate surface area is 246 Å². The number of ether oxygens (including phenoxy) is 2. The zero-order chi connectivity index (χ0) is 31.1. The number of pyridine rings is 1. The average molecular weight is 606 g/mol. The molecule has 3 N–H and O–H groups in total. The Morgan fingerprint density at radius 1 is 1.07 bits per heavy atom. The van der Waals surface area contributed by atoms with Crippen LogP contribution >= 0.6 is 0 Å². The highest BCUT2D eigenvalue weighted by molar-refractivity contribution is 6.12. The number of alkyl halides is 2. The van der Waals surface area contributed by atoms with Crippen LogP contribution in [-0.2, 0) is 7.05 Å². The lowest BCUT2D eigenvalue weighted by atomic mass is 10.1. The first-order valence-electron chi connectivity index (χ1n) is 13.1. The second-order valence-corrected chi connectivity index (χ2v) is 9.87. The van der Waals surface area contributed by atoms with E-state index in [9.17, 15) is 22.4 Å². The highest BCUT2D eigenvalue weighted by Crippen LogP contribution is 2.35. The molecule has 0 aliphatic carbocycles. The van der Waals surface area contributed by atoms with Crippen molar-refractivity contribution >= 4 is 22.5 Å². The number of rotatable bonds is 9. The van der Waals surface area contributed by atoms with Gasteiger partial charge >= 0.3 is 0 Å². The molecule has 0 amide bonds. The molecule has 10 nitrogen and oxygen atoms in total. The molecule has 0 saturated heterocycles. The first-order chi connectivity index (χ1) is 21.1.